The van der Waals surface area contributed by atoms with Crippen LogP contribution in [0.25, 0.3) is 10.9 Å². The minimum absolute atomic E-state index is 0.0977. The fourth-order valence-corrected chi connectivity index (χ4v) is 2.68. The fraction of sp³-hybridized carbons (Fsp3) is 0.158. The van der Waals surface area contributed by atoms with Crippen LogP contribution in [-0.4, -0.2) is 17.4 Å². The molecule has 0 unspecified atom stereocenters. The second kappa shape index (κ2) is 5.72. The van der Waals surface area contributed by atoms with Gasteiger partial charge < -0.3 is 9.47 Å². The van der Waals surface area contributed by atoms with Crippen molar-refractivity contribution >= 4 is 16.7 Å². The first kappa shape index (κ1) is 13.8. The van der Waals surface area contributed by atoms with Crippen LogP contribution in [0.5, 0.6) is 11.5 Å². The van der Waals surface area contributed by atoms with Crippen LogP contribution in [0.1, 0.15) is 22.5 Å². The number of para-hydroxylation sites is 1. The molecule has 3 aromatic rings. The third kappa shape index (κ3) is 2.75. The van der Waals surface area contributed by atoms with Crippen molar-refractivity contribution in [1.82, 2.24) is 4.98 Å². The average molecular weight is 305 g/mol. The minimum atomic E-state index is 0.0977. The van der Waals surface area contributed by atoms with E-state index in [4.69, 9.17) is 9.47 Å². The lowest BCUT2D eigenvalue weighted by molar-refractivity contribution is 0.0932. The number of Topliss-reactive ketones (excluding diaryl/α,β-unsaturated/α-hetero) is 1. The van der Waals surface area contributed by atoms with E-state index in [1.54, 1.807) is 12.1 Å². The fourth-order valence-electron chi connectivity index (χ4n) is 2.68. The molecule has 2 aromatic carbocycles. The Morgan fingerprint density at radius 1 is 1.09 bits per heavy atom. The number of carbonyl (C=O) groups excluding carboxylic acids is 1. The van der Waals surface area contributed by atoms with E-state index in [-0.39, 0.29) is 5.78 Å². The van der Waals surface area contributed by atoms with Crippen molar-refractivity contribution in [3.05, 3.63) is 65.9 Å². The molecule has 0 saturated carbocycles. The van der Waals surface area contributed by atoms with E-state index < -0.39 is 0 Å². The second-order valence-electron chi connectivity index (χ2n) is 5.46. The summed E-state index contributed by atoms with van der Waals surface area (Å²) in [7, 11) is 0. The van der Waals surface area contributed by atoms with Crippen molar-refractivity contribution in [2.75, 3.05) is 6.61 Å². The van der Waals surface area contributed by atoms with Gasteiger partial charge in [-0.3, -0.25) is 4.79 Å². The number of benzene rings is 2. The normalized spacial score (nSPS) is 13.5. The number of pyridine rings is 1. The van der Waals surface area contributed by atoms with Gasteiger partial charge in [-0.25, -0.2) is 4.98 Å². The number of fused-ring (bicyclic) bond motifs is 2. The zero-order valence-corrected chi connectivity index (χ0v) is 12.5. The van der Waals surface area contributed by atoms with E-state index in [9.17, 15) is 4.79 Å². The summed E-state index contributed by atoms with van der Waals surface area (Å²) in [6.45, 7) is 0.811. The van der Waals surface area contributed by atoms with Gasteiger partial charge in [0.2, 0.25) is 0 Å². The van der Waals surface area contributed by atoms with Gasteiger partial charge in [0.25, 0.3) is 0 Å². The topological polar surface area (TPSA) is 48.4 Å². The Hall–Kier alpha value is -2.88. The maximum Gasteiger partial charge on any atom is 0.170 e. The molecule has 0 amide bonds. The molecule has 1 aromatic heterocycles. The zero-order chi connectivity index (χ0) is 15.6. The Labute approximate surface area is 133 Å². The summed E-state index contributed by atoms with van der Waals surface area (Å²) in [4.78, 5) is 16.5. The van der Waals surface area contributed by atoms with Gasteiger partial charge in [0.15, 0.2) is 5.78 Å². The molecule has 4 rings (SSSR count). The molecule has 2 heterocycles. The zero-order valence-electron chi connectivity index (χ0n) is 12.5. The van der Waals surface area contributed by atoms with Gasteiger partial charge in [-0.05, 0) is 30.3 Å². The van der Waals surface area contributed by atoms with Crippen LogP contribution in [0.15, 0.2) is 54.6 Å². The maximum atomic E-state index is 11.9. The number of hydrogen-bond donors (Lipinski definition) is 0. The number of rotatable bonds is 3. The van der Waals surface area contributed by atoms with Crippen LogP contribution in [0, 0.1) is 0 Å². The van der Waals surface area contributed by atoms with Crippen molar-refractivity contribution in [3.8, 4) is 11.5 Å². The quantitative estimate of drug-likeness (QED) is 0.739. The standard InChI is InChI=1S/C19H15NO3/c21-18-9-10-22-19-8-7-15(11-16(18)19)23-12-14-6-5-13-3-1-2-4-17(13)20-14/h1-8,11H,9-10,12H2. The number of carbonyl (C=O) groups is 1. The summed E-state index contributed by atoms with van der Waals surface area (Å²) in [6.07, 6.45) is 0.419. The summed E-state index contributed by atoms with van der Waals surface area (Å²) in [5, 5.41) is 1.10. The Kier molecular flexibility index (Phi) is 3.42. The lowest BCUT2D eigenvalue weighted by atomic mass is 10.0. The number of ether oxygens (including phenoxy) is 2. The van der Waals surface area contributed by atoms with E-state index in [1.807, 2.05) is 42.5 Å². The Balaban J connectivity index is 1.54. The first-order valence-corrected chi connectivity index (χ1v) is 7.57. The molecule has 1 aliphatic rings. The van der Waals surface area contributed by atoms with Gasteiger partial charge in [0, 0.05) is 11.8 Å². The number of aromatic nitrogens is 1. The predicted molar refractivity (Wildman–Crippen MR) is 87.0 cm³/mol. The summed E-state index contributed by atoms with van der Waals surface area (Å²) in [5.41, 5.74) is 2.40. The highest BCUT2D eigenvalue weighted by atomic mass is 16.5. The second-order valence-corrected chi connectivity index (χ2v) is 5.46. The number of hydrogen-bond acceptors (Lipinski definition) is 4. The molecule has 0 spiro atoms. The van der Waals surface area contributed by atoms with E-state index >= 15 is 0 Å². The predicted octanol–water partition coefficient (Wildman–Crippen LogP) is 3.78. The lowest BCUT2D eigenvalue weighted by Gasteiger charge is -2.17. The van der Waals surface area contributed by atoms with Crippen molar-refractivity contribution in [3.63, 3.8) is 0 Å². The monoisotopic (exact) mass is 305 g/mol. The Morgan fingerprint density at radius 3 is 2.96 bits per heavy atom. The summed E-state index contributed by atoms with van der Waals surface area (Å²) in [6, 6.07) is 17.3. The first-order chi connectivity index (χ1) is 11.3. The van der Waals surface area contributed by atoms with Gasteiger partial charge in [0.1, 0.15) is 18.1 Å². The van der Waals surface area contributed by atoms with Crippen molar-refractivity contribution in [1.29, 1.82) is 0 Å². The average Bonchev–Trinajstić information content (AvgIpc) is 2.60. The molecule has 23 heavy (non-hydrogen) atoms. The molecular weight excluding hydrogens is 290 g/mol. The smallest absolute Gasteiger partial charge is 0.170 e. The Bertz CT molecular complexity index is 889. The molecule has 1 aliphatic heterocycles. The third-order valence-electron chi connectivity index (χ3n) is 3.88. The molecule has 114 valence electrons. The van der Waals surface area contributed by atoms with Crippen LogP contribution in [0.3, 0.4) is 0 Å². The van der Waals surface area contributed by atoms with Gasteiger partial charge in [0.05, 0.1) is 23.4 Å². The largest absolute Gasteiger partial charge is 0.492 e. The van der Waals surface area contributed by atoms with Crippen molar-refractivity contribution < 1.29 is 14.3 Å². The maximum absolute atomic E-state index is 11.9. The molecule has 0 fully saturated rings. The molecule has 0 aliphatic carbocycles. The highest BCUT2D eigenvalue weighted by Crippen LogP contribution is 2.29. The molecule has 0 saturated heterocycles. The summed E-state index contributed by atoms with van der Waals surface area (Å²) >= 11 is 0. The van der Waals surface area contributed by atoms with E-state index in [0.717, 1.165) is 16.6 Å². The SMILES string of the molecule is O=C1CCOc2ccc(OCc3ccc4ccccc4n3)cc21. The van der Waals surface area contributed by atoms with Gasteiger partial charge in [-0.1, -0.05) is 24.3 Å². The summed E-state index contributed by atoms with van der Waals surface area (Å²) < 4.78 is 11.3. The van der Waals surface area contributed by atoms with Crippen LogP contribution in [-0.2, 0) is 6.61 Å². The Morgan fingerprint density at radius 2 is 2.00 bits per heavy atom. The molecular formula is C19H15NO3. The van der Waals surface area contributed by atoms with Crippen LogP contribution in [0.2, 0.25) is 0 Å². The van der Waals surface area contributed by atoms with E-state index in [2.05, 4.69) is 4.98 Å². The van der Waals surface area contributed by atoms with E-state index in [0.29, 0.717) is 36.7 Å². The molecule has 0 atom stereocenters. The van der Waals surface area contributed by atoms with Crippen LogP contribution < -0.4 is 9.47 Å². The highest BCUT2D eigenvalue weighted by molar-refractivity contribution is 5.99. The minimum Gasteiger partial charge on any atom is -0.492 e. The number of ketones is 1. The molecule has 4 nitrogen and oxygen atoms in total. The molecule has 0 bridgehead atoms. The molecule has 0 N–H and O–H groups in total. The van der Waals surface area contributed by atoms with Gasteiger partial charge in [-0.15, -0.1) is 0 Å². The summed E-state index contributed by atoms with van der Waals surface area (Å²) in [5.74, 6) is 1.38. The van der Waals surface area contributed by atoms with Crippen molar-refractivity contribution in [2.24, 2.45) is 0 Å². The first-order valence-electron chi connectivity index (χ1n) is 7.57. The highest BCUT2D eigenvalue weighted by Gasteiger charge is 2.18. The molecule has 4 heteroatoms. The van der Waals surface area contributed by atoms with Crippen LogP contribution in [0.4, 0.5) is 0 Å². The molecule has 0 radical (unpaired) electrons. The van der Waals surface area contributed by atoms with Crippen molar-refractivity contribution in [2.45, 2.75) is 13.0 Å². The van der Waals surface area contributed by atoms with E-state index in [1.165, 1.54) is 0 Å². The van der Waals surface area contributed by atoms with Gasteiger partial charge in [-0.2, -0.15) is 0 Å². The van der Waals surface area contributed by atoms with Gasteiger partial charge >= 0.3 is 0 Å². The third-order valence-corrected chi connectivity index (χ3v) is 3.88. The number of nitrogens with zero attached hydrogens (tertiary/aromatic N) is 1. The lowest BCUT2D eigenvalue weighted by Crippen LogP contribution is -2.15. The van der Waals surface area contributed by atoms with Crippen LogP contribution >= 0.6 is 0 Å².